The summed E-state index contributed by atoms with van der Waals surface area (Å²) in [4.78, 5) is 18.5. The van der Waals surface area contributed by atoms with Crippen molar-refractivity contribution in [3.8, 4) is 0 Å². The van der Waals surface area contributed by atoms with E-state index in [1.807, 2.05) is 36.1 Å². The number of hydrogen-bond donors (Lipinski definition) is 1. The van der Waals surface area contributed by atoms with E-state index in [1.165, 1.54) is 18.2 Å². The number of pyridine rings is 1. The molecule has 0 atom stereocenters. The van der Waals surface area contributed by atoms with Crippen molar-refractivity contribution >= 4 is 34.1 Å². The average Bonchev–Trinajstić information content (AvgIpc) is 2.66. The lowest BCUT2D eigenvalue weighted by Gasteiger charge is -2.21. The minimum Gasteiger partial charge on any atom is -0.324 e. The molecule has 0 aliphatic carbocycles. The Labute approximate surface area is 171 Å². The summed E-state index contributed by atoms with van der Waals surface area (Å²) in [5.74, 6) is -0.520. The molecule has 0 radical (unpaired) electrons. The Hall–Kier alpha value is -2.64. The van der Waals surface area contributed by atoms with Gasteiger partial charge in [-0.2, -0.15) is 13.2 Å². The van der Waals surface area contributed by atoms with E-state index < -0.39 is 17.6 Å². The molecule has 3 aromatic rings. The highest BCUT2D eigenvalue weighted by Crippen LogP contribution is 2.34. The number of anilines is 1. The summed E-state index contributed by atoms with van der Waals surface area (Å²) < 4.78 is 39.4. The van der Waals surface area contributed by atoms with Crippen molar-refractivity contribution in [1.82, 2.24) is 9.88 Å². The van der Waals surface area contributed by atoms with Gasteiger partial charge in [0, 0.05) is 11.9 Å². The van der Waals surface area contributed by atoms with Crippen LogP contribution >= 0.6 is 11.6 Å². The van der Waals surface area contributed by atoms with E-state index in [-0.39, 0.29) is 12.2 Å². The highest BCUT2D eigenvalue weighted by Gasteiger charge is 2.33. The van der Waals surface area contributed by atoms with Crippen LogP contribution in [0.3, 0.4) is 0 Å². The topological polar surface area (TPSA) is 45.2 Å². The number of likely N-dealkylation sites (N-methyl/N-ethyl adjacent to an activating group) is 1. The van der Waals surface area contributed by atoms with E-state index in [0.717, 1.165) is 22.5 Å². The fourth-order valence-electron chi connectivity index (χ4n) is 3.09. The molecule has 0 unspecified atom stereocenters. The Balaban J connectivity index is 1.76. The standard InChI is InChI=1S/C21H19ClF3N3O/c1-2-28(12-14-11-19(22)26-17-9-5-3-7-15(14)17)13-20(29)27-18-10-6-4-8-16(18)21(23,24)25/h3-11H,2,12-13H2,1H3,(H,27,29). The summed E-state index contributed by atoms with van der Waals surface area (Å²) in [6, 6.07) is 14.2. The second kappa shape index (κ2) is 8.80. The molecule has 0 bridgehead atoms. The van der Waals surface area contributed by atoms with Crippen LogP contribution in [0.5, 0.6) is 0 Å². The summed E-state index contributed by atoms with van der Waals surface area (Å²) in [6.45, 7) is 2.76. The van der Waals surface area contributed by atoms with Crippen molar-refractivity contribution in [2.24, 2.45) is 0 Å². The van der Waals surface area contributed by atoms with Crippen molar-refractivity contribution in [1.29, 1.82) is 0 Å². The summed E-state index contributed by atoms with van der Waals surface area (Å²) in [5.41, 5.74) is 0.516. The minimum absolute atomic E-state index is 0.0586. The van der Waals surface area contributed by atoms with E-state index in [9.17, 15) is 18.0 Å². The van der Waals surface area contributed by atoms with E-state index in [2.05, 4.69) is 10.3 Å². The van der Waals surface area contributed by atoms with Gasteiger partial charge in [-0.15, -0.1) is 0 Å². The van der Waals surface area contributed by atoms with Gasteiger partial charge >= 0.3 is 6.18 Å². The fourth-order valence-corrected chi connectivity index (χ4v) is 3.32. The van der Waals surface area contributed by atoms with Gasteiger partial charge < -0.3 is 5.32 Å². The Kier molecular flexibility index (Phi) is 6.39. The fraction of sp³-hybridized carbons (Fsp3) is 0.238. The number of amides is 1. The monoisotopic (exact) mass is 421 g/mol. The molecule has 1 amide bonds. The Morgan fingerprint density at radius 1 is 1.14 bits per heavy atom. The lowest BCUT2D eigenvalue weighted by Crippen LogP contribution is -2.33. The van der Waals surface area contributed by atoms with Gasteiger partial charge in [0.15, 0.2) is 0 Å². The van der Waals surface area contributed by atoms with Gasteiger partial charge in [-0.1, -0.05) is 48.9 Å². The summed E-state index contributed by atoms with van der Waals surface area (Å²) >= 11 is 6.11. The number of aromatic nitrogens is 1. The Morgan fingerprint density at radius 3 is 2.55 bits per heavy atom. The molecule has 0 fully saturated rings. The number of benzene rings is 2. The molecule has 152 valence electrons. The normalized spacial score (nSPS) is 11.8. The Bertz CT molecular complexity index is 1020. The molecule has 1 aromatic heterocycles. The molecule has 4 nitrogen and oxygen atoms in total. The Morgan fingerprint density at radius 2 is 1.83 bits per heavy atom. The number of fused-ring (bicyclic) bond motifs is 1. The predicted octanol–water partition coefficient (Wildman–Crippen LogP) is 5.37. The van der Waals surface area contributed by atoms with Gasteiger partial charge in [-0.05, 0) is 36.4 Å². The zero-order chi connectivity index (χ0) is 21.0. The van der Waals surface area contributed by atoms with Gasteiger partial charge in [-0.25, -0.2) is 4.98 Å². The number of nitrogens with zero attached hydrogens (tertiary/aromatic N) is 2. The second-order valence-corrected chi connectivity index (χ2v) is 6.90. The van der Waals surface area contributed by atoms with Crippen LogP contribution < -0.4 is 5.32 Å². The summed E-state index contributed by atoms with van der Waals surface area (Å²) in [5, 5.41) is 3.64. The molecule has 1 heterocycles. The first-order chi connectivity index (χ1) is 13.8. The second-order valence-electron chi connectivity index (χ2n) is 6.52. The van der Waals surface area contributed by atoms with Crippen LogP contribution in [0.4, 0.5) is 18.9 Å². The smallest absolute Gasteiger partial charge is 0.324 e. The molecular formula is C21H19ClF3N3O. The largest absolute Gasteiger partial charge is 0.418 e. The molecule has 2 aromatic carbocycles. The van der Waals surface area contributed by atoms with Crippen LogP contribution in [0.1, 0.15) is 18.1 Å². The lowest BCUT2D eigenvalue weighted by atomic mass is 10.1. The van der Waals surface area contributed by atoms with Crippen molar-refractivity contribution in [2.45, 2.75) is 19.6 Å². The first kappa shape index (κ1) is 21.1. The van der Waals surface area contributed by atoms with Gasteiger partial charge in [0.25, 0.3) is 0 Å². The molecule has 0 saturated heterocycles. The molecule has 8 heteroatoms. The third-order valence-electron chi connectivity index (χ3n) is 4.49. The van der Waals surface area contributed by atoms with Gasteiger partial charge in [0.05, 0.1) is 23.3 Å². The van der Waals surface area contributed by atoms with Crippen LogP contribution in [0.2, 0.25) is 5.15 Å². The van der Waals surface area contributed by atoms with Crippen molar-refractivity contribution < 1.29 is 18.0 Å². The molecule has 3 rings (SSSR count). The molecule has 0 aliphatic heterocycles. The van der Waals surface area contributed by atoms with Crippen LogP contribution in [-0.2, 0) is 17.5 Å². The number of rotatable bonds is 6. The quantitative estimate of drug-likeness (QED) is 0.544. The zero-order valence-electron chi connectivity index (χ0n) is 15.6. The third-order valence-corrected chi connectivity index (χ3v) is 4.68. The number of nitrogens with one attached hydrogen (secondary N) is 1. The molecule has 0 saturated carbocycles. The number of para-hydroxylation sites is 2. The first-order valence-corrected chi connectivity index (χ1v) is 9.38. The van der Waals surface area contributed by atoms with E-state index in [1.54, 1.807) is 6.07 Å². The summed E-state index contributed by atoms with van der Waals surface area (Å²) in [7, 11) is 0. The number of carbonyl (C=O) groups excluding carboxylic acids is 1. The minimum atomic E-state index is -4.54. The van der Waals surface area contributed by atoms with Gasteiger partial charge in [0.1, 0.15) is 5.15 Å². The first-order valence-electron chi connectivity index (χ1n) is 9.00. The van der Waals surface area contributed by atoms with Gasteiger partial charge in [0.2, 0.25) is 5.91 Å². The van der Waals surface area contributed by atoms with Crippen LogP contribution in [0.25, 0.3) is 10.9 Å². The molecule has 29 heavy (non-hydrogen) atoms. The van der Waals surface area contributed by atoms with Crippen molar-refractivity contribution in [2.75, 3.05) is 18.4 Å². The number of carbonyl (C=O) groups is 1. The number of alkyl halides is 3. The average molecular weight is 422 g/mol. The predicted molar refractivity (Wildman–Crippen MR) is 108 cm³/mol. The van der Waals surface area contributed by atoms with Crippen LogP contribution in [-0.4, -0.2) is 28.9 Å². The van der Waals surface area contributed by atoms with Crippen LogP contribution in [0, 0.1) is 0 Å². The maximum absolute atomic E-state index is 13.1. The lowest BCUT2D eigenvalue weighted by molar-refractivity contribution is -0.137. The highest BCUT2D eigenvalue weighted by atomic mass is 35.5. The van der Waals surface area contributed by atoms with Gasteiger partial charge in [-0.3, -0.25) is 9.69 Å². The maximum Gasteiger partial charge on any atom is 0.418 e. The SMILES string of the molecule is CCN(CC(=O)Nc1ccccc1C(F)(F)F)Cc1cc(Cl)nc2ccccc12. The van der Waals surface area contributed by atoms with E-state index in [0.29, 0.717) is 18.2 Å². The highest BCUT2D eigenvalue weighted by molar-refractivity contribution is 6.29. The van der Waals surface area contributed by atoms with Crippen LogP contribution in [0.15, 0.2) is 54.6 Å². The summed E-state index contributed by atoms with van der Waals surface area (Å²) in [6.07, 6.45) is -4.54. The number of halogens is 4. The molecule has 1 N–H and O–H groups in total. The van der Waals surface area contributed by atoms with Crippen molar-refractivity contribution in [3.63, 3.8) is 0 Å². The molecule has 0 spiro atoms. The van der Waals surface area contributed by atoms with E-state index in [4.69, 9.17) is 11.6 Å². The third kappa shape index (κ3) is 5.25. The number of hydrogen-bond acceptors (Lipinski definition) is 3. The maximum atomic E-state index is 13.1. The van der Waals surface area contributed by atoms with Crippen molar-refractivity contribution in [3.05, 3.63) is 70.9 Å². The molecule has 0 aliphatic rings. The van der Waals surface area contributed by atoms with E-state index >= 15 is 0 Å². The zero-order valence-corrected chi connectivity index (χ0v) is 16.4. The molecular weight excluding hydrogens is 403 g/mol.